The first-order valence-electron chi connectivity index (χ1n) is 11.9. The third kappa shape index (κ3) is 4.72. The van der Waals surface area contributed by atoms with Crippen molar-refractivity contribution in [1.29, 1.82) is 0 Å². The summed E-state index contributed by atoms with van der Waals surface area (Å²) in [5, 5.41) is 4.54. The Morgan fingerprint density at radius 2 is 1.97 bits per heavy atom. The van der Waals surface area contributed by atoms with Crippen LogP contribution in [-0.4, -0.2) is 42.7 Å². The van der Waals surface area contributed by atoms with Crippen molar-refractivity contribution in [1.82, 2.24) is 23.9 Å². The summed E-state index contributed by atoms with van der Waals surface area (Å²) in [7, 11) is 0. The van der Waals surface area contributed by atoms with Crippen molar-refractivity contribution in [2.75, 3.05) is 24.6 Å². The zero-order valence-electron chi connectivity index (χ0n) is 19.3. The van der Waals surface area contributed by atoms with Crippen LogP contribution in [-0.2, 0) is 0 Å². The Balaban J connectivity index is 1.46. The van der Waals surface area contributed by atoms with Crippen LogP contribution < -0.4 is 5.73 Å². The van der Waals surface area contributed by atoms with Crippen molar-refractivity contribution in [2.45, 2.75) is 38.5 Å². The molecule has 176 valence electrons. The average Bonchev–Trinajstić information content (AvgIpc) is 3.26. The molecule has 34 heavy (non-hydrogen) atoms. The highest BCUT2D eigenvalue weighted by Gasteiger charge is 2.26. The molecular formula is C26H29BrN6S. The van der Waals surface area contributed by atoms with Gasteiger partial charge in [0.1, 0.15) is 5.82 Å². The van der Waals surface area contributed by atoms with Crippen LogP contribution in [0.4, 0.5) is 5.82 Å². The van der Waals surface area contributed by atoms with Gasteiger partial charge in [0.2, 0.25) is 0 Å². The van der Waals surface area contributed by atoms with E-state index < -0.39 is 0 Å². The molecule has 4 heterocycles. The predicted molar refractivity (Wildman–Crippen MR) is 146 cm³/mol. The number of nitrogens with zero attached hydrogens (tertiary/aromatic N) is 5. The molecule has 5 rings (SSSR count). The predicted octanol–water partition coefficient (Wildman–Crippen LogP) is 6.27. The Morgan fingerprint density at radius 1 is 1.15 bits per heavy atom. The number of nitrogen functional groups attached to an aromatic ring is 1. The van der Waals surface area contributed by atoms with Gasteiger partial charge >= 0.3 is 0 Å². The van der Waals surface area contributed by atoms with Gasteiger partial charge in [0.25, 0.3) is 0 Å². The van der Waals surface area contributed by atoms with E-state index in [0.29, 0.717) is 11.7 Å². The highest BCUT2D eigenvalue weighted by Crippen LogP contribution is 2.37. The molecule has 1 aliphatic heterocycles. The molecule has 0 atom stereocenters. The van der Waals surface area contributed by atoms with Crippen LogP contribution in [0.25, 0.3) is 22.3 Å². The Kier molecular flexibility index (Phi) is 7.18. The molecule has 1 saturated heterocycles. The van der Waals surface area contributed by atoms with Gasteiger partial charge in [-0.1, -0.05) is 55.3 Å². The standard InChI is InChI=1S/C26H29BrN6S/c1-2-34-32-14-12-19(13-15-32)24-23(27)25(28)33-26(31-24)21(17-30-33)20-10-11-22(29-16-20)18-8-6-4-3-5-7-9-18/h4,6-11,16-17,19H,2-3,5,12-15,28H2,1H3. The molecule has 1 aliphatic carbocycles. The monoisotopic (exact) mass is 536 g/mol. The molecule has 0 saturated carbocycles. The lowest BCUT2D eigenvalue weighted by Gasteiger charge is -2.31. The number of halogens is 1. The number of hydrogen-bond acceptors (Lipinski definition) is 6. The van der Waals surface area contributed by atoms with E-state index in [2.05, 4.69) is 74.8 Å². The number of hydrogen-bond donors (Lipinski definition) is 1. The Labute approximate surface area is 213 Å². The molecule has 0 amide bonds. The van der Waals surface area contributed by atoms with E-state index in [0.717, 1.165) is 82.7 Å². The van der Waals surface area contributed by atoms with Crippen molar-refractivity contribution < 1.29 is 0 Å². The minimum atomic E-state index is 0.379. The number of pyridine rings is 1. The molecule has 0 radical (unpaired) electrons. The van der Waals surface area contributed by atoms with Gasteiger partial charge in [-0.15, -0.1) is 0 Å². The highest BCUT2D eigenvalue weighted by molar-refractivity contribution is 9.10. The average molecular weight is 538 g/mol. The Hall–Kier alpha value is -2.42. The topological polar surface area (TPSA) is 72.3 Å². The van der Waals surface area contributed by atoms with Crippen LogP contribution in [0.15, 0.2) is 59.4 Å². The van der Waals surface area contributed by atoms with Crippen LogP contribution in [0.1, 0.15) is 49.9 Å². The van der Waals surface area contributed by atoms with Crippen molar-refractivity contribution in [2.24, 2.45) is 0 Å². The van der Waals surface area contributed by atoms with Gasteiger partial charge in [-0.3, -0.25) is 9.29 Å². The van der Waals surface area contributed by atoms with Crippen molar-refractivity contribution in [3.8, 4) is 11.1 Å². The van der Waals surface area contributed by atoms with Crippen molar-refractivity contribution >= 4 is 44.9 Å². The summed E-state index contributed by atoms with van der Waals surface area (Å²) in [5.41, 5.74) is 12.3. The van der Waals surface area contributed by atoms with Gasteiger partial charge in [0.05, 0.1) is 22.1 Å². The Morgan fingerprint density at radius 3 is 2.74 bits per heavy atom. The molecule has 0 unspecified atom stereocenters. The molecule has 3 aromatic rings. The lowest BCUT2D eigenvalue weighted by atomic mass is 9.94. The molecule has 1 fully saturated rings. The van der Waals surface area contributed by atoms with Crippen LogP contribution in [0.2, 0.25) is 0 Å². The normalized spacial score (nSPS) is 17.6. The zero-order valence-corrected chi connectivity index (χ0v) is 21.7. The summed E-state index contributed by atoms with van der Waals surface area (Å²) in [5.74, 6) is 2.09. The fourth-order valence-electron chi connectivity index (χ4n) is 4.55. The molecule has 6 nitrogen and oxygen atoms in total. The minimum Gasteiger partial charge on any atom is -0.383 e. The number of rotatable bonds is 5. The molecule has 8 heteroatoms. The molecule has 0 spiro atoms. The summed E-state index contributed by atoms with van der Waals surface area (Å²) >= 11 is 5.63. The highest BCUT2D eigenvalue weighted by atomic mass is 79.9. The van der Waals surface area contributed by atoms with Gasteiger partial charge in [0, 0.05) is 42.1 Å². The summed E-state index contributed by atoms with van der Waals surface area (Å²) in [4.78, 5) is 9.84. The number of aromatic nitrogens is 4. The SMILES string of the molecule is CCSN1CCC(c2nc3c(-c4ccc(C5=CC=CCCC=C5)nc4)cnn3c(N)c2Br)CC1. The zero-order chi connectivity index (χ0) is 23.5. The van der Waals surface area contributed by atoms with Crippen LogP contribution >= 0.6 is 27.9 Å². The van der Waals surface area contributed by atoms with E-state index in [1.807, 2.05) is 24.3 Å². The lowest BCUT2D eigenvalue weighted by molar-refractivity contribution is 0.342. The second kappa shape index (κ2) is 10.5. The summed E-state index contributed by atoms with van der Waals surface area (Å²) < 4.78 is 5.05. The summed E-state index contributed by atoms with van der Waals surface area (Å²) in [6.07, 6.45) is 18.8. The third-order valence-corrected chi connectivity index (χ3v) is 8.18. The van der Waals surface area contributed by atoms with Crippen molar-refractivity contribution in [3.63, 3.8) is 0 Å². The third-order valence-electron chi connectivity index (χ3n) is 6.38. The molecule has 2 N–H and O–H groups in total. The fourth-order valence-corrected chi connectivity index (χ4v) is 5.96. The van der Waals surface area contributed by atoms with E-state index in [9.17, 15) is 0 Å². The lowest BCUT2D eigenvalue weighted by Crippen LogP contribution is -2.28. The van der Waals surface area contributed by atoms with Gasteiger partial charge in [-0.25, -0.2) is 4.98 Å². The minimum absolute atomic E-state index is 0.379. The molecule has 0 aromatic carbocycles. The number of anilines is 1. The van der Waals surface area contributed by atoms with Crippen LogP contribution in [0.5, 0.6) is 0 Å². The van der Waals surface area contributed by atoms with E-state index >= 15 is 0 Å². The second-order valence-corrected chi connectivity index (χ2v) is 10.7. The van der Waals surface area contributed by atoms with Gasteiger partial charge in [0.15, 0.2) is 5.65 Å². The molecule has 3 aromatic heterocycles. The number of fused-ring (bicyclic) bond motifs is 1. The van der Waals surface area contributed by atoms with E-state index in [1.165, 1.54) is 0 Å². The maximum atomic E-state index is 6.50. The molecule has 0 bridgehead atoms. The maximum Gasteiger partial charge on any atom is 0.165 e. The quantitative estimate of drug-likeness (QED) is 0.387. The fraction of sp³-hybridized carbons (Fsp3) is 0.346. The smallest absolute Gasteiger partial charge is 0.165 e. The van der Waals surface area contributed by atoms with E-state index in [-0.39, 0.29) is 0 Å². The number of nitrogens with two attached hydrogens (primary N) is 1. The summed E-state index contributed by atoms with van der Waals surface area (Å²) in [6.45, 7) is 4.34. The first kappa shape index (κ1) is 23.3. The first-order valence-corrected chi connectivity index (χ1v) is 13.6. The van der Waals surface area contributed by atoms with E-state index in [4.69, 9.17) is 15.7 Å². The van der Waals surface area contributed by atoms with E-state index in [1.54, 1.807) is 4.52 Å². The van der Waals surface area contributed by atoms with Crippen LogP contribution in [0.3, 0.4) is 0 Å². The van der Waals surface area contributed by atoms with Gasteiger partial charge in [-0.05, 0) is 53.3 Å². The molecule has 2 aliphatic rings. The van der Waals surface area contributed by atoms with Crippen LogP contribution in [0, 0.1) is 0 Å². The maximum absolute atomic E-state index is 6.50. The largest absolute Gasteiger partial charge is 0.383 e. The first-order chi connectivity index (χ1) is 16.7. The number of piperidine rings is 1. The number of allylic oxidation sites excluding steroid dienone is 6. The molecular weight excluding hydrogens is 508 g/mol. The van der Waals surface area contributed by atoms with Gasteiger partial charge in [-0.2, -0.15) is 9.61 Å². The van der Waals surface area contributed by atoms with Crippen molar-refractivity contribution in [3.05, 3.63) is 70.8 Å². The second-order valence-electron chi connectivity index (χ2n) is 8.57. The summed E-state index contributed by atoms with van der Waals surface area (Å²) in [6, 6.07) is 4.16. The van der Waals surface area contributed by atoms with Gasteiger partial charge < -0.3 is 5.73 Å². The Bertz CT molecular complexity index is 1250.